The zero-order chi connectivity index (χ0) is 19.9. The first-order chi connectivity index (χ1) is 12.8. The normalized spacial score (nSPS) is 11.6. The van der Waals surface area contributed by atoms with Crippen LogP contribution in [0.5, 0.6) is 0 Å². The molecule has 0 saturated carbocycles. The molecule has 1 amide bonds. The first-order valence-corrected chi connectivity index (χ1v) is 10.8. The number of hydrogen-bond donors (Lipinski definition) is 2. The van der Waals surface area contributed by atoms with Crippen LogP contribution in [0.1, 0.15) is 17.5 Å². The fraction of sp³-hybridized carbons (Fsp3) is 0.316. The van der Waals surface area contributed by atoms with Crippen molar-refractivity contribution in [1.29, 1.82) is 0 Å². The Hall–Kier alpha value is -1.74. The lowest BCUT2D eigenvalue weighted by atomic mass is 10.1. The highest BCUT2D eigenvalue weighted by atomic mass is 79.9. The summed E-state index contributed by atoms with van der Waals surface area (Å²) in [7, 11) is 0.401. The summed E-state index contributed by atoms with van der Waals surface area (Å²) in [5.74, 6) is -0.204. The van der Waals surface area contributed by atoms with Crippen LogP contribution in [0.3, 0.4) is 0 Å². The third-order valence-electron chi connectivity index (χ3n) is 3.76. The van der Waals surface area contributed by atoms with Gasteiger partial charge in [0.2, 0.25) is 15.9 Å². The molecule has 0 bridgehead atoms. The van der Waals surface area contributed by atoms with E-state index in [0.717, 1.165) is 12.1 Å². The first-order valence-electron chi connectivity index (χ1n) is 8.51. The smallest absolute Gasteiger partial charge is 0.240 e. The van der Waals surface area contributed by atoms with Crippen LogP contribution in [0, 0.1) is 0 Å². The van der Waals surface area contributed by atoms with Crippen molar-refractivity contribution in [2.45, 2.75) is 24.4 Å². The third-order valence-corrected chi connectivity index (χ3v) is 5.71. The first kappa shape index (κ1) is 21.6. The van der Waals surface area contributed by atoms with Crippen LogP contribution in [0.2, 0.25) is 0 Å². The Kier molecular flexibility index (Phi) is 7.97. The standard InChI is InChI=1S/C19H24BrN3O3S/c1-23(2)14-16-8-6-15(7-9-16)13-21-19(24)10-11-22-27(25,26)18-5-3-4-17(20)12-18/h3-9,12,22H,10-11,13-14H2,1-2H3,(H,21,24). The van der Waals surface area contributed by atoms with Crippen LogP contribution in [-0.4, -0.2) is 39.9 Å². The highest BCUT2D eigenvalue weighted by Gasteiger charge is 2.14. The number of nitrogens with one attached hydrogen (secondary N) is 2. The average Bonchev–Trinajstić information content (AvgIpc) is 2.60. The molecule has 0 aliphatic rings. The van der Waals surface area contributed by atoms with E-state index in [4.69, 9.17) is 0 Å². The second kappa shape index (κ2) is 9.98. The van der Waals surface area contributed by atoms with Crippen molar-refractivity contribution in [3.05, 3.63) is 64.1 Å². The van der Waals surface area contributed by atoms with Gasteiger partial charge < -0.3 is 10.2 Å². The summed E-state index contributed by atoms with van der Waals surface area (Å²) in [5, 5.41) is 2.80. The molecule has 0 aromatic heterocycles. The number of carbonyl (C=O) groups excluding carboxylic acids is 1. The highest BCUT2D eigenvalue weighted by Crippen LogP contribution is 2.15. The monoisotopic (exact) mass is 453 g/mol. The van der Waals surface area contributed by atoms with Gasteiger partial charge in [-0.1, -0.05) is 46.3 Å². The number of hydrogen-bond acceptors (Lipinski definition) is 4. The molecular formula is C19H24BrN3O3S. The predicted molar refractivity (Wildman–Crippen MR) is 110 cm³/mol. The molecule has 8 heteroatoms. The van der Waals surface area contributed by atoms with E-state index in [2.05, 4.69) is 30.9 Å². The van der Waals surface area contributed by atoms with Crippen molar-refractivity contribution in [2.75, 3.05) is 20.6 Å². The minimum Gasteiger partial charge on any atom is -0.352 e. The maximum Gasteiger partial charge on any atom is 0.240 e. The number of sulfonamides is 1. The van der Waals surface area contributed by atoms with Crippen molar-refractivity contribution >= 4 is 31.9 Å². The molecule has 0 unspecified atom stereocenters. The summed E-state index contributed by atoms with van der Waals surface area (Å²) in [6.07, 6.45) is 0.0753. The topological polar surface area (TPSA) is 78.5 Å². The molecule has 0 fully saturated rings. The molecule has 0 atom stereocenters. The number of halogens is 1. The van der Waals surface area contributed by atoms with Gasteiger partial charge in [-0.25, -0.2) is 13.1 Å². The van der Waals surface area contributed by atoms with Crippen molar-refractivity contribution in [3.63, 3.8) is 0 Å². The van der Waals surface area contributed by atoms with Crippen LogP contribution in [0.25, 0.3) is 0 Å². The molecule has 27 heavy (non-hydrogen) atoms. The zero-order valence-electron chi connectivity index (χ0n) is 15.4. The molecular weight excluding hydrogens is 430 g/mol. The van der Waals surface area contributed by atoms with Crippen molar-refractivity contribution in [2.24, 2.45) is 0 Å². The van der Waals surface area contributed by atoms with E-state index in [0.29, 0.717) is 11.0 Å². The third kappa shape index (κ3) is 7.42. The summed E-state index contributed by atoms with van der Waals surface area (Å²) in [4.78, 5) is 14.2. The number of carbonyl (C=O) groups is 1. The molecule has 2 aromatic rings. The maximum atomic E-state index is 12.2. The number of rotatable bonds is 9. The van der Waals surface area contributed by atoms with E-state index >= 15 is 0 Å². The van der Waals surface area contributed by atoms with Crippen LogP contribution in [-0.2, 0) is 27.9 Å². The molecule has 2 aromatic carbocycles. The van der Waals surface area contributed by atoms with E-state index in [-0.39, 0.29) is 23.8 Å². The van der Waals surface area contributed by atoms with Gasteiger partial charge in [0.15, 0.2) is 0 Å². The van der Waals surface area contributed by atoms with Gasteiger partial charge in [-0.05, 0) is 43.4 Å². The molecule has 0 saturated heterocycles. The average molecular weight is 454 g/mol. The van der Waals surface area contributed by atoms with Crippen LogP contribution in [0.15, 0.2) is 57.9 Å². The van der Waals surface area contributed by atoms with E-state index in [1.807, 2.05) is 38.4 Å². The zero-order valence-corrected chi connectivity index (χ0v) is 17.8. The Balaban J connectivity index is 1.76. The second-order valence-electron chi connectivity index (χ2n) is 6.44. The molecule has 0 heterocycles. The van der Waals surface area contributed by atoms with Gasteiger partial charge in [-0.3, -0.25) is 4.79 Å². The molecule has 0 aliphatic heterocycles. The van der Waals surface area contributed by atoms with Crippen LogP contribution >= 0.6 is 15.9 Å². The van der Waals surface area contributed by atoms with Gasteiger partial charge in [0.05, 0.1) is 4.90 Å². The van der Waals surface area contributed by atoms with Crippen LogP contribution < -0.4 is 10.0 Å². The summed E-state index contributed by atoms with van der Waals surface area (Å²) in [5.41, 5.74) is 2.21. The molecule has 0 aliphatic carbocycles. The van der Waals surface area contributed by atoms with Gasteiger partial charge in [0.25, 0.3) is 0 Å². The largest absolute Gasteiger partial charge is 0.352 e. The SMILES string of the molecule is CN(C)Cc1ccc(CNC(=O)CCNS(=O)(=O)c2cccc(Br)c2)cc1. The van der Waals surface area contributed by atoms with E-state index in [1.54, 1.807) is 12.1 Å². The Labute approximate surface area is 169 Å². The maximum absolute atomic E-state index is 12.2. The molecule has 6 nitrogen and oxygen atoms in total. The second-order valence-corrected chi connectivity index (χ2v) is 9.12. The molecule has 2 rings (SSSR count). The fourth-order valence-corrected chi connectivity index (χ4v) is 4.06. The Morgan fingerprint density at radius 1 is 1.07 bits per heavy atom. The minimum absolute atomic E-state index is 0.0441. The van der Waals surface area contributed by atoms with Gasteiger partial charge >= 0.3 is 0 Å². The molecule has 0 spiro atoms. The Bertz CT molecular complexity index is 868. The number of benzene rings is 2. The predicted octanol–water partition coefficient (Wildman–Crippen LogP) is 2.50. The van der Waals surface area contributed by atoms with Crippen molar-refractivity contribution < 1.29 is 13.2 Å². The van der Waals surface area contributed by atoms with Crippen molar-refractivity contribution in [3.8, 4) is 0 Å². The fourth-order valence-electron chi connectivity index (χ4n) is 2.43. The van der Waals surface area contributed by atoms with Crippen LogP contribution in [0.4, 0.5) is 0 Å². The Morgan fingerprint density at radius 2 is 1.74 bits per heavy atom. The summed E-state index contributed by atoms with van der Waals surface area (Å²) >= 11 is 3.25. The van der Waals surface area contributed by atoms with E-state index in [9.17, 15) is 13.2 Å². The van der Waals surface area contributed by atoms with Gasteiger partial charge in [-0.2, -0.15) is 0 Å². The lowest BCUT2D eigenvalue weighted by molar-refractivity contribution is -0.121. The Morgan fingerprint density at radius 3 is 2.37 bits per heavy atom. The molecule has 2 N–H and O–H groups in total. The van der Waals surface area contributed by atoms with Crippen molar-refractivity contribution in [1.82, 2.24) is 14.9 Å². The number of amides is 1. The quantitative estimate of drug-likeness (QED) is 0.611. The minimum atomic E-state index is -3.62. The summed E-state index contributed by atoms with van der Waals surface area (Å²) in [6, 6.07) is 14.5. The lowest BCUT2D eigenvalue weighted by Crippen LogP contribution is -2.30. The molecule has 146 valence electrons. The van der Waals surface area contributed by atoms with Gasteiger partial charge in [0, 0.05) is 30.5 Å². The van der Waals surface area contributed by atoms with Gasteiger partial charge in [-0.15, -0.1) is 0 Å². The van der Waals surface area contributed by atoms with E-state index < -0.39 is 10.0 Å². The molecule has 0 radical (unpaired) electrons. The van der Waals surface area contributed by atoms with E-state index in [1.165, 1.54) is 17.7 Å². The summed E-state index contributed by atoms with van der Waals surface area (Å²) < 4.78 is 27.5. The van der Waals surface area contributed by atoms with Gasteiger partial charge in [0.1, 0.15) is 0 Å². The summed E-state index contributed by atoms with van der Waals surface area (Å²) in [6.45, 7) is 1.33. The highest BCUT2D eigenvalue weighted by molar-refractivity contribution is 9.10. The lowest BCUT2D eigenvalue weighted by Gasteiger charge is -2.11. The number of nitrogens with zero attached hydrogens (tertiary/aromatic N) is 1.